The number of carbonyl (C=O) groups is 2. The third kappa shape index (κ3) is 2.91. The van der Waals surface area contributed by atoms with Crippen LogP contribution in [-0.2, 0) is 9.59 Å². The molecule has 0 aliphatic carbocycles. The first-order valence-electron chi connectivity index (χ1n) is 7.28. The van der Waals surface area contributed by atoms with Crippen molar-refractivity contribution in [1.29, 1.82) is 0 Å². The lowest BCUT2D eigenvalue weighted by Crippen LogP contribution is -2.61. The summed E-state index contributed by atoms with van der Waals surface area (Å²) in [5.74, 6) is 0.296. The molecule has 2 fully saturated rings. The average Bonchev–Trinajstić information content (AvgIpc) is 2.84. The van der Waals surface area contributed by atoms with Crippen LogP contribution in [0.25, 0.3) is 0 Å². The molecule has 2 rings (SSSR count). The summed E-state index contributed by atoms with van der Waals surface area (Å²) in [6, 6.07) is -0.446. The highest BCUT2D eigenvalue weighted by atomic mass is 16.2. The molecule has 2 unspecified atom stereocenters. The van der Waals surface area contributed by atoms with Gasteiger partial charge in [0.1, 0.15) is 12.1 Å². The van der Waals surface area contributed by atoms with Gasteiger partial charge in [0.25, 0.3) is 0 Å². The van der Waals surface area contributed by atoms with Crippen molar-refractivity contribution < 1.29 is 9.59 Å². The van der Waals surface area contributed by atoms with Gasteiger partial charge in [-0.25, -0.2) is 0 Å². The van der Waals surface area contributed by atoms with E-state index in [1.807, 2.05) is 6.92 Å². The van der Waals surface area contributed by atoms with Gasteiger partial charge >= 0.3 is 0 Å². The summed E-state index contributed by atoms with van der Waals surface area (Å²) in [4.78, 5) is 30.4. The maximum atomic E-state index is 12.4. The minimum absolute atomic E-state index is 0.134. The molecule has 2 heterocycles. The number of hydrogen-bond donors (Lipinski definition) is 0. The zero-order chi connectivity index (χ0) is 14.0. The Morgan fingerprint density at radius 3 is 2.63 bits per heavy atom. The van der Waals surface area contributed by atoms with Crippen molar-refractivity contribution in [1.82, 2.24) is 14.7 Å². The molecule has 2 aliphatic rings. The number of amides is 2. The van der Waals surface area contributed by atoms with E-state index in [4.69, 9.17) is 0 Å². The zero-order valence-corrected chi connectivity index (χ0v) is 12.3. The van der Waals surface area contributed by atoms with Crippen molar-refractivity contribution in [3.8, 4) is 0 Å². The Morgan fingerprint density at radius 1 is 1.21 bits per heavy atom. The summed E-state index contributed by atoms with van der Waals surface area (Å²) in [7, 11) is 4.10. The van der Waals surface area contributed by atoms with Crippen LogP contribution < -0.4 is 0 Å². The van der Waals surface area contributed by atoms with Gasteiger partial charge in [0, 0.05) is 13.1 Å². The second kappa shape index (κ2) is 5.90. The summed E-state index contributed by atoms with van der Waals surface area (Å²) in [5.41, 5.74) is 0. The third-order valence-corrected chi connectivity index (χ3v) is 4.18. The number of rotatable bonds is 5. The predicted octanol–water partition coefficient (Wildman–Crippen LogP) is 0.550. The number of unbranched alkanes of at least 4 members (excludes halogenated alkanes) is 1. The molecule has 0 radical (unpaired) electrons. The van der Waals surface area contributed by atoms with Crippen LogP contribution in [0.4, 0.5) is 0 Å². The van der Waals surface area contributed by atoms with Gasteiger partial charge in [-0.05, 0) is 53.2 Å². The van der Waals surface area contributed by atoms with Gasteiger partial charge in [-0.1, -0.05) is 0 Å². The van der Waals surface area contributed by atoms with Gasteiger partial charge in [0.2, 0.25) is 11.8 Å². The fourth-order valence-corrected chi connectivity index (χ4v) is 3.06. The molecule has 2 amide bonds. The van der Waals surface area contributed by atoms with Gasteiger partial charge in [-0.3, -0.25) is 9.59 Å². The Hall–Kier alpha value is -1.10. The van der Waals surface area contributed by atoms with Crippen molar-refractivity contribution in [2.75, 3.05) is 33.7 Å². The van der Waals surface area contributed by atoms with Gasteiger partial charge in [-0.2, -0.15) is 0 Å². The summed E-state index contributed by atoms with van der Waals surface area (Å²) in [6.07, 6.45) is 3.83. The molecule has 0 aromatic rings. The standard InChI is InChI=1S/C14H25N3O2/c1-11-13(18)17-10-6-7-12(17)14(19)16(11)9-5-4-8-15(2)3/h11-12H,4-10H2,1-3H3. The normalized spacial score (nSPS) is 27.4. The molecular weight excluding hydrogens is 242 g/mol. The van der Waals surface area contributed by atoms with E-state index < -0.39 is 0 Å². The summed E-state index contributed by atoms with van der Waals surface area (Å²) >= 11 is 0. The molecule has 2 atom stereocenters. The molecule has 0 aromatic carbocycles. The molecule has 0 spiro atoms. The number of hydrogen-bond acceptors (Lipinski definition) is 3. The van der Waals surface area contributed by atoms with Gasteiger partial charge in [-0.15, -0.1) is 0 Å². The molecule has 19 heavy (non-hydrogen) atoms. The smallest absolute Gasteiger partial charge is 0.246 e. The van der Waals surface area contributed by atoms with E-state index in [1.165, 1.54) is 0 Å². The Morgan fingerprint density at radius 2 is 1.95 bits per heavy atom. The lowest BCUT2D eigenvalue weighted by Gasteiger charge is -2.41. The molecule has 0 bridgehead atoms. The summed E-state index contributed by atoms with van der Waals surface area (Å²) in [6.45, 7) is 4.36. The molecule has 0 aromatic heterocycles. The molecule has 108 valence electrons. The minimum atomic E-state index is -0.277. The molecule has 0 saturated carbocycles. The third-order valence-electron chi connectivity index (χ3n) is 4.18. The lowest BCUT2D eigenvalue weighted by molar-refractivity contribution is -0.158. The van der Waals surface area contributed by atoms with E-state index in [2.05, 4.69) is 19.0 Å². The zero-order valence-electron chi connectivity index (χ0n) is 12.3. The SMILES string of the molecule is CC1C(=O)N2CCCC2C(=O)N1CCCCN(C)C. The topological polar surface area (TPSA) is 43.9 Å². The number of piperazine rings is 1. The van der Waals surface area contributed by atoms with Crippen molar-refractivity contribution >= 4 is 11.8 Å². The second-order valence-corrected chi connectivity index (χ2v) is 5.91. The van der Waals surface area contributed by atoms with Crippen LogP contribution in [0.1, 0.15) is 32.6 Å². The Labute approximate surface area is 115 Å². The highest BCUT2D eigenvalue weighted by molar-refractivity contribution is 5.97. The highest BCUT2D eigenvalue weighted by Gasteiger charge is 2.45. The monoisotopic (exact) mass is 267 g/mol. The second-order valence-electron chi connectivity index (χ2n) is 5.91. The van der Waals surface area contributed by atoms with Crippen molar-refractivity contribution in [3.05, 3.63) is 0 Å². The Bertz CT molecular complexity index is 357. The molecular formula is C14H25N3O2. The summed E-state index contributed by atoms with van der Waals surface area (Å²) < 4.78 is 0. The number of carbonyl (C=O) groups excluding carboxylic acids is 2. The largest absolute Gasteiger partial charge is 0.329 e. The van der Waals surface area contributed by atoms with E-state index in [-0.39, 0.29) is 23.9 Å². The van der Waals surface area contributed by atoms with Crippen LogP contribution in [-0.4, -0.2) is 72.3 Å². The van der Waals surface area contributed by atoms with Gasteiger partial charge < -0.3 is 14.7 Å². The van der Waals surface area contributed by atoms with E-state index in [9.17, 15) is 9.59 Å². The Kier molecular flexibility index (Phi) is 4.45. The quantitative estimate of drug-likeness (QED) is 0.683. The summed E-state index contributed by atoms with van der Waals surface area (Å²) in [5, 5.41) is 0. The van der Waals surface area contributed by atoms with Gasteiger partial charge in [0.05, 0.1) is 0 Å². The molecule has 5 nitrogen and oxygen atoms in total. The van der Waals surface area contributed by atoms with E-state index in [1.54, 1.807) is 9.80 Å². The highest BCUT2D eigenvalue weighted by Crippen LogP contribution is 2.26. The molecule has 2 saturated heterocycles. The molecule has 2 aliphatic heterocycles. The first-order valence-corrected chi connectivity index (χ1v) is 7.28. The number of nitrogens with zero attached hydrogens (tertiary/aromatic N) is 3. The van der Waals surface area contributed by atoms with Crippen LogP contribution in [0, 0.1) is 0 Å². The van der Waals surface area contributed by atoms with Crippen LogP contribution in [0.2, 0.25) is 0 Å². The fraction of sp³-hybridized carbons (Fsp3) is 0.857. The lowest BCUT2D eigenvalue weighted by atomic mass is 10.1. The fourth-order valence-electron chi connectivity index (χ4n) is 3.06. The average molecular weight is 267 g/mol. The molecule has 5 heteroatoms. The van der Waals surface area contributed by atoms with E-state index in [0.717, 1.165) is 38.8 Å². The van der Waals surface area contributed by atoms with Crippen molar-refractivity contribution in [2.45, 2.75) is 44.7 Å². The molecule has 0 N–H and O–H groups in total. The van der Waals surface area contributed by atoms with E-state index in [0.29, 0.717) is 6.54 Å². The first kappa shape index (κ1) is 14.3. The van der Waals surface area contributed by atoms with Crippen molar-refractivity contribution in [3.63, 3.8) is 0 Å². The Balaban J connectivity index is 1.92. The maximum absolute atomic E-state index is 12.4. The first-order chi connectivity index (χ1) is 9.02. The van der Waals surface area contributed by atoms with Crippen LogP contribution in [0.3, 0.4) is 0 Å². The van der Waals surface area contributed by atoms with Crippen LogP contribution in [0.15, 0.2) is 0 Å². The number of fused-ring (bicyclic) bond motifs is 1. The van der Waals surface area contributed by atoms with Crippen LogP contribution in [0.5, 0.6) is 0 Å². The minimum Gasteiger partial charge on any atom is -0.329 e. The maximum Gasteiger partial charge on any atom is 0.246 e. The predicted molar refractivity (Wildman–Crippen MR) is 73.7 cm³/mol. The van der Waals surface area contributed by atoms with E-state index >= 15 is 0 Å². The van der Waals surface area contributed by atoms with Crippen molar-refractivity contribution in [2.24, 2.45) is 0 Å². The van der Waals surface area contributed by atoms with Gasteiger partial charge in [0.15, 0.2) is 0 Å². The van der Waals surface area contributed by atoms with Crippen LogP contribution >= 0.6 is 0 Å².